The molecular weight excluding hydrogens is 309 g/mol. The van der Waals surface area contributed by atoms with E-state index in [1.807, 2.05) is 0 Å². The van der Waals surface area contributed by atoms with E-state index in [0.29, 0.717) is 12.2 Å². The number of carboxylic acid groups (broad SMARTS) is 2. The third-order valence-electron chi connectivity index (χ3n) is 3.16. The molecule has 0 fully saturated rings. The summed E-state index contributed by atoms with van der Waals surface area (Å²) in [6.07, 6.45) is 6.45. The largest absolute Gasteiger partial charge is 1.00 e. The molecule has 0 aliphatic heterocycles. The third kappa shape index (κ3) is 16.6. The number of aliphatic carboxylic acids is 2. The van der Waals surface area contributed by atoms with E-state index in [2.05, 4.69) is 27.7 Å². The summed E-state index contributed by atoms with van der Waals surface area (Å²) < 4.78 is 1.38. The second-order valence-corrected chi connectivity index (χ2v) is 5.25. The van der Waals surface area contributed by atoms with E-state index in [4.69, 9.17) is 10.2 Å². The molecule has 0 aliphatic rings. The van der Waals surface area contributed by atoms with Crippen molar-refractivity contribution < 1.29 is 77.1 Å². The van der Waals surface area contributed by atoms with Crippen molar-refractivity contribution >= 4 is 11.9 Å². The summed E-state index contributed by atoms with van der Waals surface area (Å²) in [5.74, 6) is -2.51. The van der Waals surface area contributed by atoms with Crippen LogP contribution in [0.5, 0.6) is 0 Å². The predicted molar refractivity (Wildman–Crippen MR) is 86.4 cm³/mol. The Labute approximate surface area is 179 Å². The van der Waals surface area contributed by atoms with Crippen LogP contribution in [-0.2, 0) is 9.59 Å². The van der Waals surface area contributed by atoms with E-state index in [0.717, 1.165) is 0 Å². The quantitative estimate of drug-likeness (QED) is 0.340. The molecule has 0 rings (SSSR count). The Balaban J connectivity index is -0.000000158. The zero-order chi connectivity index (χ0) is 16.7. The summed E-state index contributed by atoms with van der Waals surface area (Å²) in [4.78, 5) is 19.1. The summed E-state index contributed by atoms with van der Waals surface area (Å²) in [7, 11) is 0. The van der Waals surface area contributed by atoms with Crippen molar-refractivity contribution in [1.29, 1.82) is 0 Å². The van der Waals surface area contributed by atoms with Crippen LogP contribution in [0.4, 0.5) is 0 Å². The fourth-order valence-corrected chi connectivity index (χ4v) is 2.71. The van der Waals surface area contributed by atoms with Crippen LogP contribution in [0.15, 0.2) is 12.2 Å². The Morgan fingerprint density at radius 3 is 1.14 bits per heavy atom. The molecule has 0 aromatic rings. The minimum Gasteiger partial charge on any atom is -1.00 e. The first-order valence-electron chi connectivity index (χ1n) is 7.86. The predicted octanol–water partition coefficient (Wildman–Crippen LogP) is 0.272. The van der Waals surface area contributed by atoms with Gasteiger partial charge in [-0.15, -0.1) is 0 Å². The number of rotatable bonds is 10. The monoisotopic (exact) mass is 342 g/mol. The Morgan fingerprint density at radius 1 is 0.773 bits per heavy atom. The Morgan fingerprint density at radius 2 is 1.00 bits per heavy atom. The number of carboxylic acids is 2. The molecule has 0 spiro atoms. The molecule has 5 nitrogen and oxygen atoms in total. The van der Waals surface area contributed by atoms with Crippen molar-refractivity contribution in [3.63, 3.8) is 0 Å². The molecule has 0 bridgehead atoms. The molecule has 6 heteroatoms. The summed E-state index contributed by atoms with van der Waals surface area (Å²) in [6.45, 7) is 14.8. The summed E-state index contributed by atoms with van der Waals surface area (Å²) in [5.41, 5.74) is 0. The van der Waals surface area contributed by atoms with Gasteiger partial charge in [0.05, 0.1) is 26.2 Å². The van der Waals surface area contributed by atoms with Crippen LogP contribution in [0, 0.1) is 0 Å². The fraction of sp³-hybridized carbons (Fsp3) is 0.750. The van der Waals surface area contributed by atoms with Crippen molar-refractivity contribution in [1.82, 2.24) is 0 Å². The molecule has 0 aromatic heterocycles. The normalized spacial score (nSPS) is 10.5. The zero-order valence-corrected chi connectivity index (χ0v) is 18.1. The maximum absolute atomic E-state index is 9.55. The van der Waals surface area contributed by atoms with E-state index >= 15 is 0 Å². The van der Waals surface area contributed by atoms with Gasteiger partial charge < -0.3 is 16.1 Å². The van der Waals surface area contributed by atoms with E-state index < -0.39 is 11.9 Å². The zero-order valence-electron chi connectivity index (χ0n) is 16.0. The van der Waals surface area contributed by atoms with Crippen molar-refractivity contribution in [3.8, 4) is 0 Å². The van der Waals surface area contributed by atoms with Crippen LogP contribution in [0.3, 0.4) is 0 Å². The number of carbonyl (C=O) groups is 2. The average Bonchev–Trinajstić information content (AvgIpc) is 2.38. The van der Waals surface area contributed by atoms with Crippen LogP contribution in [0.1, 0.15) is 54.8 Å². The van der Waals surface area contributed by atoms with Crippen molar-refractivity contribution in [2.75, 3.05) is 26.2 Å². The molecule has 22 heavy (non-hydrogen) atoms. The molecule has 0 aliphatic carbocycles. The Bertz CT molecular complexity index is 280. The van der Waals surface area contributed by atoms with Gasteiger partial charge in [0.15, 0.2) is 0 Å². The topological polar surface area (TPSA) is 74.6 Å². The summed E-state index contributed by atoms with van der Waals surface area (Å²) >= 11 is 0. The molecule has 0 amide bonds. The maximum atomic E-state index is 9.55. The first-order valence-corrected chi connectivity index (χ1v) is 7.86. The molecule has 0 saturated heterocycles. The van der Waals surface area contributed by atoms with Crippen LogP contribution < -0.4 is 51.4 Å². The van der Waals surface area contributed by atoms with Gasteiger partial charge >= 0.3 is 63.3 Å². The van der Waals surface area contributed by atoms with Gasteiger partial charge in [-0.25, -0.2) is 9.59 Å². The molecule has 0 heterocycles. The van der Waals surface area contributed by atoms with E-state index in [9.17, 15) is 9.59 Å². The minimum absolute atomic E-state index is 0. The SMILES string of the molecule is CCC[N+](CCC)(CCC)CCC.O=C(O)/C=C/C(=O)O.[H-].[K+]. The van der Waals surface area contributed by atoms with Crippen LogP contribution in [-0.4, -0.2) is 52.8 Å². The molecule has 0 saturated carbocycles. The first kappa shape index (κ1) is 27.1. The van der Waals surface area contributed by atoms with Crippen LogP contribution >= 0.6 is 0 Å². The van der Waals surface area contributed by atoms with Crippen molar-refractivity contribution in [3.05, 3.63) is 12.2 Å². The molecule has 0 atom stereocenters. The minimum atomic E-state index is -1.26. The molecule has 2 N–H and O–H groups in total. The summed E-state index contributed by atoms with van der Waals surface area (Å²) in [5, 5.41) is 15.6. The molecular formula is C16H33KNO4+. The number of hydrogen-bond acceptors (Lipinski definition) is 2. The Kier molecular flexibility index (Phi) is 21.7. The number of quaternary nitrogens is 1. The van der Waals surface area contributed by atoms with Crippen LogP contribution in [0.25, 0.3) is 0 Å². The van der Waals surface area contributed by atoms with Gasteiger partial charge in [0.2, 0.25) is 0 Å². The van der Waals surface area contributed by atoms with Crippen molar-refractivity contribution in [2.24, 2.45) is 0 Å². The molecule has 0 unspecified atom stereocenters. The van der Waals surface area contributed by atoms with Gasteiger partial charge in [-0.2, -0.15) is 0 Å². The van der Waals surface area contributed by atoms with Gasteiger partial charge in [-0.1, -0.05) is 27.7 Å². The number of nitrogens with zero attached hydrogens (tertiary/aromatic N) is 1. The third-order valence-corrected chi connectivity index (χ3v) is 3.16. The van der Waals surface area contributed by atoms with E-state index in [1.165, 1.54) is 56.3 Å². The Hall–Kier alpha value is 0.276. The second kappa shape index (κ2) is 17.6. The van der Waals surface area contributed by atoms with Gasteiger partial charge in [-0.05, 0) is 25.7 Å². The van der Waals surface area contributed by atoms with Crippen molar-refractivity contribution in [2.45, 2.75) is 53.4 Å². The molecule has 0 aromatic carbocycles. The number of hydrogen-bond donors (Lipinski definition) is 2. The maximum Gasteiger partial charge on any atom is 1.00 e. The standard InChI is InChI=1S/C12H28N.C4H4O4.K.H/c1-5-9-13(10-6-2,11-7-3)12-8-4;5-3(6)1-2-4(7)8;;/h5-12H2,1-4H3;1-2H,(H,5,6)(H,7,8);;/q+1;;+1;-1/b;2-1+;;. The molecule has 126 valence electrons. The summed E-state index contributed by atoms with van der Waals surface area (Å²) in [6, 6.07) is 0. The fourth-order valence-electron chi connectivity index (χ4n) is 2.71. The average molecular weight is 343 g/mol. The van der Waals surface area contributed by atoms with Gasteiger partial charge in [0, 0.05) is 12.2 Å². The smallest absolute Gasteiger partial charge is 1.00 e. The van der Waals surface area contributed by atoms with E-state index in [-0.39, 0.29) is 52.8 Å². The van der Waals surface area contributed by atoms with Crippen LogP contribution in [0.2, 0.25) is 0 Å². The second-order valence-electron chi connectivity index (χ2n) is 5.25. The van der Waals surface area contributed by atoms with Gasteiger partial charge in [0.25, 0.3) is 0 Å². The van der Waals surface area contributed by atoms with Gasteiger partial charge in [0.1, 0.15) is 0 Å². The first-order chi connectivity index (χ1) is 9.87. The molecule has 0 radical (unpaired) electrons. The van der Waals surface area contributed by atoms with Gasteiger partial charge in [-0.3, -0.25) is 0 Å². The van der Waals surface area contributed by atoms with E-state index in [1.54, 1.807) is 0 Å².